The van der Waals surface area contributed by atoms with Gasteiger partial charge in [0.15, 0.2) is 0 Å². The Bertz CT molecular complexity index is 826. The first-order chi connectivity index (χ1) is 11.7. The lowest BCUT2D eigenvalue weighted by atomic mass is 10.00. The Hall–Kier alpha value is -1.78. The van der Waals surface area contributed by atoms with E-state index in [1.54, 1.807) is 0 Å². The van der Waals surface area contributed by atoms with Crippen LogP contribution in [0.3, 0.4) is 0 Å². The molecule has 0 saturated heterocycles. The Kier molecular flexibility index (Phi) is 5.59. The van der Waals surface area contributed by atoms with Crippen LogP contribution in [-0.2, 0) is 6.42 Å². The van der Waals surface area contributed by atoms with Gasteiger partial charge in [0, 0.05) is 20.9 Å². The monoisotopic (exact) mass is 386 g/mol. The second kappa shape index (κ2) is 7.86. The first kappa shape index (κ1) is 17.1. The molecule has 0 spiro atoms. The Morgan fingerprint density at radius 1 is 1.12 bits per heavy atom. The molecule has 0 aliphatic carbocycles. The van der Waals surface area contributed by atoms with Gasteiger partial charge < -0.3 is 15.5 Å². The van der Waals surface area contributed by atoms with E-state index in [-0.39, 0.29) is 0 Å². The van der Waals surface area contributed by atoms with E-state index >= 15 is 0 Å². The molecule has 2 aromatic carbocycles. The van der Waals surface area contributed by atoms with Crippen molar-refractivity contribution in [3.05, 3.63) is 52.5 Å². The zero-order valence-electron chi connectivity index (χ0n) is 13.9. The molecule has 0 fully saturated rings. The number of hydrogen-bond donors (Lipinski definition) is 2. The molecule has 0 aliphatic rings. The predicted octanol–water partition coefficient (Wildman–Crippen LogP) is 5.28. The van der Waals surface area contributed by atoms with Crippen molar-refractivity contribution in [1.82, 2.24) is 4.98 Å². The minimum absolute atomic E-state index is 0.658. The van der Waals surface area contributed by atoms with Crippen LogP contribution >= 0.6 is 15.9 Å². The van der Waals surface area contributed by atoms with E-state index in [4.69, 9.17) is 10.5 Å². The van der Waals surface area contributed by atoms with E-state index in [9.17, 15) is 0 Å². The highest BCUT2D eigenvalue weighted by atomic mass is 79.9. The fourth-order valence-corrected chi connectivity index (χ4v) is 3.47. The zero-order chi connectivity index (χ0) is 16.9. The lowest BCUT2D eigenvalue weighted by molar-refractivity contribution is 0.341. The van der Waals surface area contributed by atoms with Crippen molar-refractivity contribution in [3.63, 3.8) is 0 Å². The fraction of sp³-hybridized carbons (Fsp3) is 0.300. The van der Waals surface area contributed by atoms with Crippen LogP contribution in [-0.4, -0.2) is 18.1 Å². The summed E-state index contributed by atoms with van der Waals surface area (Å²) in [4.78, 5) is 3.60. The minimum atomic E-state index is 0.658. The number of nitrogens with one attached hydrogen (secondary N) is 1. The number of H-pyrrole nitrogens is 1. The number of hydrogen-bond acceptors (Lipinski definition) is 2. The third kappa shape index (κ3) is 3.50. The number of para-hydroxylation sites is 1. The maximum absolute atomic E-state index is 5.84. The lowest BCUT2D eigenvalue weighted by Gasteiger charge is -2.11. The van der Waals surface area contributed by atoms with E-state index in [0.717, 1.165) is 52.8 Å². The highest BCUT2D eigenvalue weighted by Crippen LogP contribution is 2.37. The van der Waals surface area contributed by atoms with Crippen molar-refractivity contribution < 1.29 is 4.74 Å². The molecule has 0 aliphatic heterocycles. The van der Waals surface area contributed by atoms with E-state index in [1.165, 1.54) is 10.9 Å². The minimum Gasteiger partial charge on any atom is -0.493 e. The van der Waals surface area contributed by atoms with Crippen molar-refractivity contribution >= 4 is 26.8 Å². The zero-order valence-corrected chi connectivity index (χ0v) is 15.5. The molecule has 3 aromatic rings. The van der Waals surface area contributed by atoms with Gasteiger partial charge >= 0.3 is 0 Å². The molecule has 0 bridgehead atoms. The predicted molar refractivity (Wildman–Crippen MR) is 105 cm³/mol. The second-order valence-corrected chi connectivity index (χ2v) is 6.76. The number of benzene rings is 2. The summed E-state index contributed by atoms with van der Waals surface area (Å²) < 4.78 is 6.94. The Labute approximate surface area is 151 Å². The number of aromatic nitrogens is 1. The maximum Gasteiger partial charge on any atom is 0.128 e. The molecule has 0 unspecified atom stereocenters. The van der Waals surface area contributed by atoms with Gasteiger partial charge in [-0.25, -0.2) is 0 Å². The van der Waals surface area contributed by atoms with Gasteiger partial charge in [-0.05, 0) is 68.6 Å². The molecule has 0 amide bonds. The molecular formula is C20H23BrN2O. The molecule has 1 heterocycles. The van der Waals surface area contributed by atoms with Gasteiger partial charge in [-0.1, -0.05) is 28.1 Å². The van der Waals surface area contributed by atoms with Crippen LogP contribution in [0.15, 0.2) is 46.9 Å². The summed E-state index contributed by atoms with van der Waals surface area (Å²) in [6.07, 6.45) is 3.12. The van der Waals surface area contributed by atoms with Gasteiger partial charge in [0.05, 0.1) is 12.3 Å². The van der Waals surface area contributed by atoms with Crippen molar-refractivity contribution in [3.8, 4) is 17.0 Å². The number of unbranched alkanes of at least 4 members (excludes halogenated alkanes) is 1. The third-order valence-corrected chi connectivity index (χ3v) is 4.70. The molecule has 3 rings (SSSR count). The van der Waals surface area contributed by atoms with Gasteiger partial charge in [-0.3, -0.25) is 0 Å². The van der Waals surface area contributed by atoms with Gasteiger partial charge in [-0.15, -0.1) is 0 Å². The van der Waals surface area contributed by atoms with E-state index in [1.807, 2.05) is 19.1 Å². The molecule has 3 nitrogen and oxygen atoms in total. The van der Waals surface area contributed by atoms with Crippen molar-refractivity contribution in [2.45, 2.75) is 26.2 Å². The number of rotatable bonds is 7. The summed E-state index contributed by atoms with van der Waals surface area (Å²) in [6, 6.07) is 14.6. The Morgan fingerprint density at radius 2 is 1.96 bits per heavy atom. The van der Waals surface area contributed by atoms with Crippen molar-refractivity contribution in [2.24, 2.45) is 5.73 Å². The fourth-order valence-electron chi connectivity index (χ4n) is 3.11. The molecule has 1 aromatic heterocycles. The van der Waals surface area contributed by atoms with E-state index < -0.39 is 0 Å². The number of aryl methyl sites for hydroxylation is 1. The Morgan fingerprint density at radius 3 is 2.75 bits per heavy atom. The molecule has 0 saturated carbocycles. The largest absolute Gasteiger partial charge is 0.493 e. The van der Waals surface area contributed by atoms with Crippen LogP contribution in [0.25, 0.3) is 22.2 Å². The van der Waals surface area contributed by atoms with Crippen molar-refractivity contribution in [1.29, 1.82) is 0 Å². The average molecular weight is 387 g/mol. The topological polar surface area (TPSA) is 51.0 Å². The summed E-state index contributed by atoms with van der Waals surface area (Å²) in [5, 5.41) is 1.27. The number of halogens is 1. The third-order valence-electron chi connectivity index (χ3n) is 4.21. The molecule has 4 heteroatoms. The highest BCUT2D eigenvalue weighted by Gasteiger charge is 2.16. The number of nitrogens with two attached hydrogens (primary N) is 1. The highest BCUT2D eigenvalue weighted by molar-refractivity contribution is 9.10. The number of fused-ring (bicyclic) bond motifs is 1. The van der Waals surface area contributed by atoms with Crippen LogP contribution in [0.5, 0.6) is 5.75 Å². The summed E-state index contributed by atoms with van der Waals surface area (Å²) in [5.41, 5.74) is 10.5. The van der Waals surface area contributed by atoms with Gasteiger partial charge in [0.2, 0.25) is 0 Å². The smallest absolute Gasteiger partial charge is 0.128 e. The van der Waals surface area contributed by atoms with Crippen LogP contribution in [0.1, 0.15) is 25.3 Å². The summed E-state index contributed by atoms with van der Waals surface area (Å²) in [7, 11) is 0. The van der Waals surface area contributed by atoms with Crippen LogP contribution in [0.4, 0.5) is 0 Å². The summed E-state index contributed by atoms with van der Waals surface area (Å²) in [5.74, 6) is 0.922. The normalized spacial score (nSPS) is 11.1. The molecular weight excluding hydrogens is 364 g/mol. The van der Waals surface area contributed by atoms with Crippen LogP contribution < -0.4 is 10.5 Å². The van der Waals surface area contributed by atoms with Crippen LogP contribution in [0.2, 0.25) is 0 Å². The lowest BCUT2D eigenvalue weighted by Crippen LogP contribution is -2.00. The SMILES string of the molecule is CCOc1ccccc1-c1[nH]c2ccc(Br)cc2c1CCCCN. The quantitative estimate of drug-likeness (QED) is 0.542. The second-order valence-electron chi connectivity index (χ2n) is 5.84. The van der Waals surface area contributed by atoms with E-state index in [2.05, 4.69) is 51.2 Å². The molecule has 24 heavy (non-hydrogen) atoms. The maximum atomic E-state index is 5.84. The van der Waals surface area contributed by atoms with Gasteiger partial charge in [0.1, 0.15) is 5.75 Å². The molecule has 0 radical (unpaired) electrons. The first-order valence-electron chi connectivity index (χ1n) is 8.47. The molecule has 0 atom stereocenters. The average Bonchev–Trinajstić information content (AvgIpc) is 2.94. The number of aromatic amines is 1. The summed E-state index contributed by atoms with van der Waals surface area (Å²) in [6.45, 7) is 3.41. The molecule has 126 valence electrons. The number of ether oxygens (including phenoxy) is 1. The van der Waals surface area contributed by atoms with E-state index in [0.29, 0.717) is 6.61 Å². The summed E-state index contributed by atoms with van der Waals surface area (Å²) >= 11 is 3.59. The van der Waals surface area contributed by atoms with Crippen molar-refractivity contribution in [2.75, 3.05) is 13.2 Å². The first-order valence-corrected chi connectivity index (χ1v) is 9.26. The Balaban J connectivity index is 2.14. The van der Waals surface area contributed by atoms with Crippen LogP contribution in [0, 0.1) is 0 Å². The molecule has 3 N–H and O–H groups in total. The van der Waals surface area contributed by atoms with Gasteiger partial charge in [-0.2, -0.15) is 0 Å². The van der Waals surface area contributed by atoms with Gasteiger partial charge in [0.25, 0.3) is 0 Å². The standard InChI is InChI=1S/C20H23BrN2O/c1-2-24-19-9-4-3-8-16(19)20-15(7-5-6-12-22)17-13-14(21)10-11-18(17)23-20/h3-4,8-11,13,23H,2,5-7,12,22H2,1H3.